The second-order valence-corrected chi connectivity index (χ2v) is 5.75. The molecule has 0 atom stereocenters. The van der Waals surface area contributed by atoms with Crippen molar-refractivity contribution in [3.63, 3.8) is 0 Å². The second kappa shape index (κ2) is 5.54. The van der Waals surface area contributed by atoms with E-state index in [1.807, 2.05) is 0 Å². The van der Waals surface area contributed by atoms with E-state index in [4.69, 9.17) is 0 Å². The monoisotopic (exact) mass is 234 g/mol. The topological polar surface area (TPSA) is 15.3 Å². The Morgan fingerprint density at radius 3 is 2.41 bits per heavy atom. The molecule has 0 aliphatic heterocycles. The lowest BCUT2D eigenvalue weighted by Gasteiger charge is -2.25. The molecule has 0 heterocycles. The first kappa shape index (κ1) is 14.0. The molecular weight excluding hydrogens is 208 g/mol. The molecule has 0 fully saturated rings. The third-order valence-corrected chi connectivity index (χ3v) is 2.93. The summed E-state index contributed by atoms with van der Waals surface area (Å²) in [6.07, 6.45) is 0. The van der Waals surface area contributed by atoms with Crippen LogP contribution in [-0.4, -0.2) is 19.1 Å². The van der Waals surface area contributed by atoms with Crippen LogP contribution < -0.4 is 10.2 Å². The van der Waals surface area contributed by atoms with Crippen LogP contribution in [0.15, 0.2) is 18.2 Å². The molecule has 0 aliphatic rings. The molecule has 2 nitrogen and oxygen atoms in total. The van der Waals surface area contributed by atoms with Gasteiger partial charge in [-0.2, -0.15) is 0 Å². The molecule has 0 unspecified atom stereocenters. The molecule has 0 amide bonds. The number of nitrogens with one attached hydrogen (secondary N) is 1. The molecule has 96 valence electrons. The van der Waals surface area contributed by atoms with Gasteiger partial charge in [0.05, 0.1) is 0 Å². The van der Waals surface area contributed by atoms with Crippen LogP contribution in [0.1, 0.15) is 38.8 Å². The zero-order valence-corrected chi connectivity index (χ0v) is 12.1. The van der Waals surface area contributed by atoms with Gasteiger partial charge in [0.1, 0.15) is 0 Å². The highest BCUT2D eigenvalue weighted by atomic mass is 15.1. The summed E-state index contributed by atoms with van der Waals surface area (Å²) in [5.74, 6) is 0. The fourth-order valence-corrected chi connectivity index (χ4v) is 1.76. The van der Waals surface area contributed by atoms with Crippen molar-refractivity contribution in [1.29, 1.82) is 0 Å². The summed E-state index contributed by atoms with van der Waals surface area (Å²) < 4.78 is 0. The van der Waals surface area contributed by atoms with Crippen molar-refractivity contribution in [3.05, 3.63) is 29.3 Å². The van der Waals surface area contributed by atoms with Gasteiger partial charge in [-0.3, -0.25) is 0 Å². The van der Waals surface area contributed by atoms with E-state index in [-0.39, 0.29) is 5.54 Å². The summed E-state index contributed by atoms with van der Waals surface area (Å²) in [5.41, 5.74) is 4.19. The third kappa shape index (κ3) is 4.39. The van der Waals surface area contributed by atoms with E-state index in [1.165, 1.54) is 16.8 Å². The quantitative estimate of drug-likeness (QED) is 0.859. The van der Waals surface area contributed by atoms with Gasteiger partial charge < -0.3 is 10.2 Å². The molecule has 1 aromatic carbocycles. The van der Waals surface area contributed by atoms with Gasteiger partial charge >= 0.3 is 0 Å². The van der Waals surface area contributed by atoms with Crippen molar-refractivity contribution >= 4 is 5.69 Å². The zero-order valence-electron chi connectivity index (χ0n) is 12.1. The highest BCUT2D eigenvalue weighted by Gasteiger charge is 2.11. The first-order valence-corrected chi connectivity index (χ1v) is 6.39. The Labute approximate surface area is 106 Å². The van der Waals surface area contributed by atoms with Crippen LogP contribution in [0.3, 0.4) is 0 Å². The molecule has 0 radical (unpaired) electrons. The van der Waals surface area contributed by atoms with Crippen LogP contribution >= 0.6 is 0 Å². The number of rotatable bonds is 4. The van der Waals surface area contributed by atoms with Gasteiger partial charge in [-0.25, -0.2) is 0 Å². The summed E-state index contributed by atoms with van der Waals surface area (Å²) in [5, 5.41) is 3.56. The molecule has 2 heteroatoms. The number of hydrogen-bond acceptors (Lipinski definition) is 2. The lowest BCUT2D eigenvalue weighted by molar-refractivity contribution is 0.424. The van der Waals surface area contributed by atoms with Gasteiger partial charge in [0.2, 0.25) is 0 Å². The maximum Gasteiger partial charge on any atom is 0.0409 e. The lowest BCUT2D eigenvalue weighted by Crippen LogP contribution is -2.35. The van der Waals surface area contributed by atoms with Crippen LogP contribution in [0.2, 0.25) is 0 Å². The number of benzene rings is 1. The summed E-state index contributed by atoms with van der Waals surface area (Å²) in [4.78, 5) is 2.29. The Bertz CT molecular complexity index is 364. The molecule has 0 aromatic heterocycles. The van der Waals surface area contributed by atoms with Crippen molar-refractivity contribution in [2.75, 3.05) is 18.5 Å². The minimum atomic E-state index is 0.159. The molecule has 0 saturated heterocycles. The predicted octanol–water partition coefficient (Wildman–Crippen LogP) is 3.34. The van der Waals surface area contributed by atoms with Crippen molar-refractivity contribution in [1.82, 2.24) is 5.32 Å². The predicted molar refractivity (Wildman–Crippen MR) is 76.7 cm³/mol. The molecule has 0 aliphatic carbocycles. The highest BCUT2D eigenvalue weighted by molar-refractivity contribution is 5.54. The van der Waals surface area contributed by atoms with Crippen molar-refractivity contribution < 1.29 is 0 Å². The zero-order chi connectivity index (χ0) is 13.1. The van der Waals surface area contributed by atoms with E-state index < -0.39 is 0 Å². The first-order chi connectivity index (χ1) is 7.83. The maximum absolute atomic E-state index is 3.56. The molecule has 0 saturated carbocycles. The van der Waals surface area contributed by atoms with Gasteiger partial charge in [-0.05, 0) is 46.2 Å². The summed E-state index contributed by atoms with van der Waals surface area (Å²) in [6, 6.07) is 6.68. The Morgan fingerprint density at radius 2 is 1.88 bits per heavy atom. The second-order valence-electron chi connectivity index (χ2n) is 5.75. The smallest absolute Gasteiger partial charge is 0.0409 e. The largest absolute Gasteiger partial charge is 0.375 e. The van der Waals surface area contributed by atoms with Gasteiger partial charge in [0.25, 0.3) is 0 Å². The fraction of sp³-hybridized carbons (Fsp3) is 0.600. The van der Waals surface area contributed by atoms with Crippen LogP contribution in [0.5, 0.6) is 0 Å². The average molecular weight is 234 g/mol. The van der Waals surface area contributed by atoms with Crippen LogP contribution in [0.4, 0.5) is 5.69 Å². The molecule has 17 heavy (non-hydrogen) atoms. The summed E-state index contributed by atoms with van der Waals surface area (Å²) in [7, 11) is 2.14. The molecule has 1 rings (SSSR count). The Kier molecular flexibility index (Phi) is 4.58. The standard InChI is InChI=1S/C15H26N2/c1-7-17(6)14-9-8-12(2)10-13(14)11-16-15(3,4)5/h8-10,16H,7,11H2,1-6H3. The van der Waals surface area contributed by atoms with E-state index in [9.17, 15) is 0 Å². The third-order valence-electron chi connectivity index (χ3n) is 2.93. The van der Waals surface area contributed by atoms with E-state index in [0.29, 0.717) is 0 Å². The number of aryl methyl sites for hydroxylation is 1. The molecule has 0 bridgehead atoms. The Hall–Kier alpha value is -1.02. The van der Waals surface area contributed by atoms with Crippen LogP contribution in [0, 0.1) is 6.92 Å². The molecule has 1 N–H and O–H groups in total. The van der Waals surface area contributed by atoms with E-state index in [1.54, 1.807) is 0 Å². The first-order valence-electron chi connectivity index (χ1n) is 6.39. The van der Waals surface area contributed by atoms with E-state index in [0.717, 1.165) is 13.1 Å². The Morgan fingerprint density at radius 1 is 1.24 bits per heavy atom. The number of nitrogens with zero attached hydrogens (tertiary/aromatic N) is 1. The van der Waals surface area contributed by atoms with Crippen molar-refractivity contribution in [2.45, 2.75) is 46.7 Å². The van der Waals surface area contributed by atoms with Gasteiger partial charge in [-0.15, -0.1) is 0 Å². The lowest BCUT2D eigenvalue weighted by atomic mass is 10.1. The van der Waals surface area contributed by atoms with E-state index >= 15 is 0 Å². The summed E-state index contributed by atoms with van der Waals surface area (Å²) in [6.45, 7) is 12.9. The normalized spacial score (nSPS) is 11.6. The minimum Gasteiger partial charge on any atom is -0.375 e. The average Bonchev–Trinajstić information content (AvgIpc) is 2.24. The van der Waals surface area contributed by atoms with Crippen molar-refractivity contribution in [2.24, 2.45) is 0 Å². The molecule has 0 spiro atoms. The van der Waals surface area contributed by atoms with Crippen LogP contribution in [-0.2, 0) is 6.54 Å². The number of anilines is 1. The molecular formula is C15H26N2. The van der Waals surface area contributed by atoms with Gasteiger partial charge in [0.15, 0.2) is 0 Å². The van der Waals surface area contributed by atoms with Gasteiger partial charge in [0, 0.05) is 31.4 Å². The minimum absolute atomic E-state index is 0.159. The van der Waals surface area contributed by atoms with Crippen LogP contribution in [0.25, 0.3) is 0 Å². The van der Waals surface area contributed by atoms with Gasteiger partial charge in [-0.1, -0.05) is 17.7 Å². The highest BCUT2D eigenvalue weighted by Crippen LogP contribution is 2.21. The van der Waals surface area contributed by atoms with Crippen molar-refractivity contribution in [3.8, 4) is 0 Å². The number of hydrogen-bond donors (Lipinski definition) is 1. The van der Waals surface area contributed by atoms with E-state index in [2.05, 4.69) is 70.1 Å². The summed E-state index contributed by atoms with van der Waals surface area (Å²) >= 11 is 0. The fourth-order valence-electron chi connectivity index (χ4n) is 1.76. The SMILES string of the molecule is CCN(C)c1ccc(C)cc1CNC(C)(C)C. The Balaban J connectivity index is 2.91. The maximum atomic E-state index is 3.56. The molecule has 1 aromatic rings.